The molecule has 0 aromatic heterocycles. The largest absolute Gasteiger partial charge is 0.378 e. The molecule has 70 valence electrons. The summed E-state index contributed by atoms with van der Waals surface area (Å²) in [6, 6.07) is 0. The minimum Gasteiger partial charge on any atom is -0.378 e. The van der Waals surface area contributed by atoms with Crippen LogP contribution in [0.5, 0.6) is 0 Å². The Morgan fingerprint density at radius 2 is 2.08 bits per heavy atom. The van der Waals surface area contributed by atoms with Gasteiger partial charge in [-0.2, -0.15) is 0 Å². The molecule has 12 heavy (non-hydrogen) atoms. The third kappa shape index (κ3) is 1.37. The van der Waals surface area contributed by atoms with Gasteiger partial charge in [0.15, 0.2) is 0 Å². The quantitative estimate of drug-likeness (QED) is 0.510. The summed E-state index contributed by atoms with van der Waals surface area (Å²) in [7, 11) is 2.19. The molecule has 0 amide bonds. The van der Waals surface area contributed by atoms with Crippen molar-refractivity contribution in [1.82, 2.24) is 9.80 Å². The highest BCUT2D eigenvalue weighted by atomic mass is 16.5. The summed E-state index contributed by atoms with van der Waals surface area (Å²) in [5.74, 6) is 0. The van der Waals surface area contributed by atoms with E-state index in [4.69, 9.17) is 4.74 Å². The fourth-order valence-electron chi connectivity index (χ4n) is 2.31. The molecule has 0 radical (unpaired) electrons. The smallest absolute Gasteiger partial charge is 0.0660 e. The lowest BCUT2D eigenvalue weighted by molar-refractivity contribution is -0.0930. The molecule has 2 aliphatic heterocycles. The number of ether oxygens (including phenoxy) is 1. The molecule has 0 aromatic rings. The third-order valence-electron chi connectivity index (χ3n) is 3.04. The van der Waals surface area contributed by atoms with Gasteiger partial charge in [0.2, 0.25) is 0 Å². The second-order valence-corrected chi connectivity index (χ2v) is 4.27. The number of fused-ring (bicyclic) bond motifs is 1. The highest BCUT2D eigenvalue weighted by Crippen LogP contribution is 2.23. The zero-order valence-corrected chi connectivity index (χ0v) is 8.05. The van der Waals surface area contributed by atoms with E-state index in [2.05, 4.69) is 23.8 Å². The average Bonchev–Trinajstić information content (AvgIpc) is 2.02. The Morgan fingerprint density at radius 1 is 1.25 bits per heavy atom. The van der Waals surface area contributed by atoms with Gasteiger partial charge in [-0.05, 0) is 14.0 Å². The molecular weight excluding hydrogens is 152 g/mol. The maximum Gasteiger partial charge on any atom is 0.0660 e. The Labute approximate surface area is 74.3 Å². The SMILES string of the molecule is CN1CCN2CCOC[C@@]2(C)C1. The van der Waals surface area contributed by atoms with Gasteiger partial charge >= 0.3 is 0 Å². The Bertz CT molecular complexity index is 174. The van der Waals surface area contributed by atoms with E-state index in [1.54, 1.807) is 0 Å². The van der Waals surface area contributed by atoms with Crippen LogP contribution >= 0.6 is 0 Å². The van der Waals surface area contributed by atoms with Gasteiger partial charge in [0, 0.05) is 26.2 Å². The molecular formula is C9H18N2O. The van der Waals surface area contributed by atoms with Crippen molar-refractivity contribution in [3.05, 3.63) is 0 Å². The minimum absolute atomic E-state index is 0.283. The molecule has 2 aliphatic rings. The van der Waals surface area contributed by atoms with Gasteiger partial charge in [0.05, 0.1) is 18.8 Å². The van der Waals surface area contributed by atoms with Gasteiger partial charge in [0.25, 0.3) is 0 Å². The number of hydrogen-bond acceptors (Lipinski definition) is 3. The molecule has 2 rings (SSSR count). The monoisotopic (exact) mass is 170 g/mol. The van der Waals surface area contributed by atoms with Crippen molar-refractivity contribution in [3.8, 4) is 0 Å². The number of hydrogen-bond donors (Lipinski definition) is 0. The Kier molecular flexibility index (Phi) is 2.10. The molecule has 0 aromatic carbocycles. The first-order valence-corrected chi connectivity index (χ1v) is 4.72. The second kappa shape index (κ2) is 2.98. The summed E-state index contributed by atoms with van der Waals surface area (Å²) in [6.07, 6.45) is 0. The minimum atomic E-state index is 0.283. The molecule has 3 nitrogen and oxygen atoms in total. The summed E-state index contributed by atoms with van der Waals surface area (Å²) in [6.45, 7) is 8.79. The van der Waals surface area contributed by atoms with E-state index in [9.17, 15) is 0 Å². The standard InChI is InChI=1S/C9H18N2O/c1-9-7-10(2)3-4-11(9)5-6-12-8-9/h3-8H2,1-2H3/t9-/m1/s1. The molecule has 0 unspecified atom stereocenters. The normalized spacial score (nSPS) is 39.5. The maximum absolute atomic E-state index is 5.52. The van der Waals surface area contributed by atoms with Crippen LogP contribution in [0, 0.1) is 0 Å². The van der Waals surface area contributed by atoms with E-state index in [0.29, 0.717) is 0 Å². The molecule has 3 heteroatoms. The molecule has 2 fully saturated rings. The van der Waals surface area contributed by atoms with Crippen LogP contribution in [-0.2, 0) is 4.74 Å². The van der Waals surface area contributed by atoms with Crippen molar-refractivity contribution in [2.75, 3.05) is 46.4 Å². The highest BCUT2D eigenvalue weighted by molar-refractivity contribution is 4.94. The predicted molar refractivity (Wildman–Crippen MR) is 48.3 cm³/mol. The first kappa shape index (κ1) is 8.48. The molecule has 0 N–H and O–H groups in total. The van der Waals surface area contributed by atoms with E-state index >= 15 is 0 Å². The second-order valence-electron chi connectivity index (χ2n) is 4.27. The molecule has 0 saturated carbocycles. The summed E-state index contributed by atoms with van der Waals surface area (Å²) < 4.78 is 5.52. The van der Waals surface area contributed by atoms with E-state index in [-0.39, 0.29) is 5.54 Å². The molecule has 0 spiro atoms. The third-order valence-corrected chi connectivity index (χ3v) is 3.04. The van der Waals surface area contributed by atoms with Gasteiger partial charge < -0.3 is 9.64 Å². The topological polar surface area (TPSA) is 15.7 Å². The van der Waals surface area contributed by atoms with Crippen molar-refractivity contribution in [1.29, 1.82) is 0 Å². The molecule has 2 heterocycles. The fraction of sp³-hybridized carbons (Fsp3) is 1.00. The number of morpholine rings is 1. The van der Waals surface area contributed by atoms with Crippen LogP contribution in [0.1, 0.15) is 6.92 Å². The summed E-state index contributed by atoms with van der Waals surface area (Å²) in [4.78, 5) is 4.96. The van der Waals surface area contributed by atoms with Crippen LogP contribution in [-0.4, -0.2) is 61.8 Å². The zero-order valence-electron chi connectivity index (χ0n) is 8.05. The number of piperazine rings is 1. The van der Waals surface area contributed by atoms with Gasteiger partial charge in [-0.3, -0.25) is 4.90 Å². The van der Waals surface area contributed by atoms with Crippen molar-refractivity contribution in [2.24, 2.45) is 0 Å². The summed E-state index contributed by atoms with van der Waals surface area (Å²) in [5.41, 5.74) is 0.283. The number of nitrogens with zero attached hydrogens (tertiary/aromatic N) is 2. The van der Waals surface area contributed by atoms with E-state index in [1.807, 2.05) is 0 Å². The lowest BCUT2D eigenvalue weighted by Crippen LogP contribution is -2.64. The first-order valence-electron chi connectivity index (χ1n) is 4.72. The molecule has 2 saturated heterocycles. The molecule has 1 atom stereocenters. The highest BCUT2D eigenvalue weighted by Gasteiger charge is 2.38. The van der Waals surface area contributed by atoms with Gasteiger partial charge in [0.1, 0.15) is 0 Å². The van der Waals surface area contributed by atoms with Crippen molar-refractivity contribution in [3.63, 3.8) is 0 Å². The van der Waals surface area contributed by atoms with E-state index in [1.165, 1.54) is 13.1 Å². The van der Waals surface area contributed by atoms with Crippen LogP contribution in [0.15, 0.2) is 0 Å². The molecule has 0 aliphatic carbocycles. The Morgan fingerprint density at radius 3 is 2.92 bits per heavy atom. The zero-order chi connectivity index (χ0) is 8.60. The number of likely N-dealkylation sites (N-methyl/N-ethyl adjacent to an activating group) is 1. The maximum atomic E-state index is 5.52. The van der Waals surface area contributed by atoms with Crippen LogP contribution in [0.25, 0.3) is 0 Å². The molecule has 0 bridgehead atoms. The van der Waals surface area contributed by atoms with Crippen LogP contribution in [0.4, 0.5) is 0 Å². The van der Waals surface area contributed by atoms with Gasteiger partial charge in [-0.25, -0.2) is 0 Å². The summed E-state index contributed by atoms with van der Waals surface area (Å²) >= 11 is 0. The van der Waals surface area contributed by atoms with Crippen molar-refractivity contribution >= 4 is 0 Å². The van der Waals surface area contributed by atoms with Gasteiger partial charge in [-0.1, -0.05) is 0 Å². The lowest BCUT2D eigenvalue weighted by Gasteiger charge is -2.50. The van der Waals surface area contributed by atoms with E-state index < -0.39 is 0 Å². The van der Waals surface area contributed by atoms with E-state index in [0.717, 1.165) is 26.3 Å². The van der Waals surface area contributed by atoms with Crippen molar-refractivity contribution in [2.45, 2.75) is 12.5 Å². The Balaban J connectivity index is 2.07. The predicted octanol–water partition coefficient (Wildman–Crippen LogP) is 0.0227. The van der Waals surface area contributed by atoms with Crippen LogP contribution < -0.4 is 0 Å². The van der Waals surface area contributed by atoms with Crippen LogP contribution in [0.2, 0.25) is 0 Å². The first-order chi connectivity index (χ1) is 5.71. The van der Waals surface area contributed by atoms with Crippen molar-refractivity contribution < 1.29 is 4.74 Å². The fourth-order valence-corrected chi connectivity index (χ4v) is 2.31. The van der Waals surface area contributed by atoms with Gasteiger partial charge in [-0.15, -0.1) is 0 Å². The van der Waals surface area contributed by atoms with Crippen LogP contribution in [0.3, 0.4) is 0 Å². The Hall–Kier alpha value is -0.120. The summed E-state index contributed by atoms with van der Waals surface area (Å²) in [5, 5.41) is 0. The average molecular weight is 170 g/mol. The lowest BCUT2D eigenvalue weighted by atomic mass is 9.96. The number of rotatable bonds is 0.